The predicted octanol–water partition coefficient (Wildman–Crippen LogP) is 4.21. The Morgan fingerprint density at radius 1 is 1.00 bits per heavy atom. The van der Waals surface area contributed by atoms with Crippen LogP contribution >= 0.6 is 0 Å². The van der Waals surface area contributed by atoms with Crippen LogP contribution in [0.4, 0.5) is 0 Å². The van der Waals surface area contributed by atoms with E-state index in [1.807, 2.05) is 0 Å². The van der Waals surface area contributed by atoms with Crippen LogP contribution in [0.25, 0.3) is 0 Å². The van der Waals surface area contributed by atoms with Crippen molar-refractivity contribution in [1.82, 2.24) is 0 Å². The molecule has 0 bridgehead atoms. The molecule has 13 heavy (non-hydrogen) atoms. The van der Waals surface area contributed by atoms with Gasteiger partial charge >= 0.3 is 0 Å². The number of allylic oxidation sites excluding steroid dienone is 2. The molecule has 1 nitrogen and oxygen atoms in total. The molecule has 0 saturated heterocycles. The van der Waals surface area contributed by atoms with E-state index in [0.717, 1.165) is 12.8 Å². The zero-order chi connectivity index (χ0) is 9.78. The van der Waals surface area contributed by atoms with E-state index in [9.17, 15) is 0 Å². The average Bonchev–Trinajstić information content (AvgIpc) is 2.16. The number of nitriles is 1. The van der Waals surface area contributed by atoms with E-state index in [1.54, 1.807) is 0 Å². The van der Waals surface area contributed by atoms with Gasteiger partial charge in [-0.05, 0) is 26.2 Å². The summed E-state index contributed by atoms with van der Waals surface area (Å²) in [7, 11) is 0. The lowest BCUT2D eigenvalue weighted by Gasteiger charge is -1.97. The fraction of sp³-hybridized carbons (Fsp3) is 0.750. The Kier molecular flexibility index (Phi) is 10.6. The van der Waals surface area contributed by atoms with Gasteiger partial charge in [-0.3, -0.25) is 0 Å². The first-order chi connectivity index (χ1) is 6.41. The normalized spacial score (nSPS) is 10.5. The second kappa shape index (κ2) is 11.2. The summed E-state index contributed by atoms with van der Waals surface area (Å²) in [6.45, 7) is 2.07. The van der Waals surface area contributed by atoms with E-state index in [0.29, 0.717) is 0 Å². The quantitative estimate of drug-likeness (QED) is 0.404. The predicted molar refractivity (Wildman–Crippen MR) is 57.4 cm³/mol. The van der Waals surface area contributed by atoms with E-state index >= 15 is 0 Å². The van der Waals surface area contributed by atoms with E-state index < -0.39 is 0 Å². The third-order valence-corrected chi connectivity index (χ3v) is 2.15. The molecule has 0 heterocycles. The van der Waals surface area contributed by atoms with Gasteiger partial charge in [0.15, 0.2) is 0 Å². The SMILES string of the molecule is CC=CCCCCCCCCC#N. The molecule has 0 aliphatic heterocycles. The first-order valence-corrected chi connectivity index (χ1v) is 5.40. The van der Waals surface area contributed by atoms with Crippen LogP contribution < -0.4 is 0 Å². The van der Waals surface area contributed by atoms with Crippen molar-refractivity contribution in [3.63, 3.8) is 0 Å². The summed E-state index contributed by atoms with van der Waals surface area (Å²) in [5.74, 6) is 0. The third kappa shape index (κ3) is 11.2. The summed E-state index contributed by atoms with van der Waals surface area (Å²) in [6, 6.07) is 2.18. The smallest absolute Gasteiger partial charge is 0.0621 e. The minimum absolute atomic E-state index is 0.735. The van der Waals surface area contributed by atoms with Crippen molar-refractivity contribution in [3.05, 3.63) is 12.2 Å². The van der Waals surface area contributed by atoms with Crippen molar-refractivity contribution in [3.8, 4) is 6.07 Å². The topological polar surface area (TPSA) is 23.8 Å². The highest BCUT2D eigenvalue weighted by molar-refractivity contribution is 4.76. The Morgan fingerprint density at radius 3 is 2.23 bits per heavy atom. The summed E-state index contributed by atoms with van der Waals surface area (Å²) in [5, 5.41) is 8.31. The van der Waals surface area contributed by atoms with Gasteiger partial charge in [-0.1, -0.05) is 37.8 Å². The van der Waals surface area contributed by atoms with Crippen LogP contribution in [-0.2, 0) is 0 Å². The maximum absolute atomic E-state index is 8.31. The maximum atomic E-state index is 8.31. The van der Waals surface area contributed by atoms with Gasteiger partial charge < -0.3 is 0 Å². The van der Waals surface area contributed by atoms with Crippen molar-refractivity contribution in [2.45, 2.75) is 58.3 Å². The first-order valence-electron chi connectivity index (χ1n) is 5.40. The maximum Gasteiger partial charge on any atom is 0.0621 e. The number of nitrogens with zero attached hydrogens (tertiary/aromatic N) is 1. The fourth-order valence-electron chi connectivity index (χ4n) is 1.34. The second-order valence-corrected chi connectivity index (χ2v) is 3.39. The number of hydrogen-bond acceptors (Lipinski definition) is 1. The fourth-order valence-corrected chi connectivity index (χ4v) is 1.34. The van der Waals surface area contributed by atoms with Crippen LogP contribution in [0.1, 0.15) is 58.3 Å². The molecule has 0 amide bonds. The molecule has 0 spiro atoms. The number of hydrogen-bond donors (Lipinski definition) is 0. The molecule has 0 atom stereocenters. The van der Waals surface area contributed by atoms with Crippen LogP contribution in [0.5, 0.6) is 0 Å². The minimum Gasteiger partial charge on any atom is -0.198 e. The molecule has 0 aliphatic rings. The van der Waals surface area contributed by atoms with E-state index in [4.69, 9.17) is 5.26 Å². The number of unbranched alkanes of at least 4 members (excludes halogenated alkanes) is 7. The molecule has 0 aromatic rings. The van der Waals surface area contributed by atoms with Gasteiger partial charge in [0, 0.05) is 6.42 Å². The van der Waals surface area contributed by atoms with Gasteiger partial charge in [0.05, 0.1) is 6.07 Å². The van der Waals surface area contributed by atoms with Gasteiger partial charge in [0.1, 0.15) is 0 Å². The van der Waals surface area contributed by atoms with Gasteiger partial charge in [0.2, 0.25) is 0 Å². The van der Waals surface area contributed by atoms with Crippen LogP contribution in [0.2, 0.25) is 0 Å². The van der Waals surface area contributed by atoms with Gasteiger partial charge in [0.25, 0.3) is 0 Å². The second-order valence-electron chi connectivity index (χ2n) is 3.39. The van der Waals surface area contributed by atoms with Gasteiger partial charge in [-0.2, -0.15) is 5.26 Å². The molecule has 0 aromatic heterocycles. The summed E-state index contributed by atoms with van der Waals surface area (Å²) in [4.78, 5) is 0. The molecular weight excluding hydrogens is 158 g/mol. The highest BCUT2D eigenvalue weighted by Crippen LogP contribution is 2.08. The van der Waals surface area contributed by atoms with Crippen LogP contribution in [0.3, 0.4) is 0 Å². The highest BCUT2D eigenvalue weighted by atomic mass is 14.2. The summed E-state index contributed by atoms with van der Waals surface area (Å²) in [6.07, 6.45) is 13.9. The Bertz CT molecular complexity index is 153. The Hall–Kier alpha value is -0.770. The molecule has 0 unspecified atom stereocenters. The Morgan fingerprint density at radius 2 is 1.62 bits per heavy atom. The Labute approximate surface area is 82.5 Å². The van der Waals surface area contributed by atoms with Gasteiger partial charge in [-0.15, -0.1) is 0 Å². The molecule has 74 valence electrons. The van der Waals surface area contributed by atoms with Crippen molar-refractivity contribution in [2.24, 2.45) is 0 Å². The summed E-state index contributed by atoms with van der Waals surface area (Å²) >= 11 is 0. The molecule has 0 aliphatic carbocycles. The third-order valence-electron chi connectivity index (χ3n) is 2.15. The molecule has 0 radical (unpaired) electrons. The zero-order valence-corrected chi connectivity index (χ0v) is 8.76. The first kappa shape index (κ1) is 12.2. The summed E-state index contributed by atoms with van der Waals surface area (Å²) < 4.78 is 0. The largest absolute Gasteiger partial charge is 0.198 e. The standard InChI is InChI=1S/C12H21N/c1-2-3-4-5-6-7-8-9-10-11-12-13/h2-3H,4-11H2,1H3. The lowest BCUT2D eigenvalue weighted by Crippen LogP contribution is -1.79. The van der Waals surface area contributed by atoms with Crippen molar-refractivity contribution in [2.75, 3.05) is 0 Å². The van der Waals surface area contributed by atoms with Crippen molar-refractivity contribution < 1.29 is 0 Å². The lowest BCUT2D eigenvalue weighted by atomic mass is 10.1. The van der Waals surface area contributed by atoms with Crippen LogP contribution in [0, 0.1) is 11.3 Å². The van der Waals surface area contributed by atoms with Crippen LogP contribution in [-0.4, -0.2) is 0 Å². The lowest BCUT2D eigenvalue weighted by molar-refractivity contribution is 0.601. The van der Waals surface area contributed by atoms with E-state index in [1.165, 1.54) is 38.5 Å². The van der Waals surface area contributed by atoms with Crippen molar-refractivity contribution in [1.29, 1.82) is 5.26 Å². The minimum atomic E-state index is 0.735. The van der Waals surface area contributed by atoms with Gasteiger partial charge in [-0.25, -0.2) is 0 Å². The highest BCUT2D eigenvalue weighted by Gasteiger charge is 1.89. The number of rotatable bonds is 8. The average molecular weight is 179 g/mol. The molecule has 0 fully saturated rings. The zero-order valence-electron chi connectivity index (χ0n) is 8.76. The molecule has 0 aromatic carbocycles. The van der Waals surface area contributed by atoms with Crippen LogP contribution in [0.15, 0.2) is 12.2 Å². The molecule has 0 saturated carbocycles. The van der Waals surface area contributed by atoms with E-state index in [2.05, 4.69) is 25.1 Å². The molecule has 1 heteroatoms. The summed E-state index contributed by atoms with van der Waals surface area (Å²) in [5.41, 5.74) is 0. The molecule has 0 rings (SSSR count). The van der Waals surface area contributed by atoms with Crippen molar-refractivity contribution >= 4 is 0 Å². The monoisotopic (exact) mass is 179 g/mol. The molecule has 0 N–H and O–H groups in total. The van der Waals surface area contributed by atoms with E-state index in [-0.39, 0.29) is 0 Å². The molecular formula is C12H21N. The Balaban J connectivity index is 2.88.